The summed E-state index contributed by atoms with van der Waals surface area (Å²) < 4.78 is 11.6. The lowest BCUT2D eigenvalue weighted by Crippen LogP contribution is -2.46. The van der Waals surface area contributed by atoms with Gasteiger partial charge in [-0.1, -0.05) is 23.8 Å². The lowest BCUT2D eigenvalue weighted by Gasteiger charge is -2.33. The van der Waals surface area contributed by atoms with E-state index < -0.39 is 6.10 Å². The number of thiophene rings is 1. The van der Waals surface area contributed by atoms with E-state index in [0.29, 0.717) is 36.7 Å². The number of carbonyl (C=O) groups is 2. The summed E-state index contributed by atoms with van der Waals surface area (Å²) in [4.78, 5) is 27.8. The maximum atomic E-state index is 12.8. The van der Waals surface area contributed by atoms with Gasteiger partial charge in [0, 0.05) is 10.6 Å². The predicted molar refractivity (Wildman–Crippen MR) is 122 cm³/mol. The van der Waals surface area contributed by atoms with Crippen molar-refractivity contribution in [1.82, 2.24) is 0 Å². The Bertz CT molecular complexity index is 1060. The summed E-state index contributed by atoms with van der Waals surface area (Å²) in [5, 5.41) is 4.85. The van der Waals surface area contributed by atoms with Crippen molar-refractivity contribution in [3.05, 3.63) is 70.4 Å². The molecule has 0 bridgehead atoms. The number of aryl methyl sites for hydroxylation is 1. The number of hydrogen-bond acceptors (Lipinski definition) is 5. The standard InChI is InChI=1S/C24H24N2O4S/c1-16-5-8-19(9-6-16)29-12-11-26-21-14-18(7-10-22(21)30-17(2)24(26)28)25-23(27)15-20-4-3-13-31-20/h3-10,13-14,17H,11-12,15H2,1-2H3,(H,25,27). The summed E-state index contributed by atoms with van der Waals surface area (Å²) >= 11 is 1.55. The highest BCUT2D eigenvalue weighted by molar-refractivity contribution is 7.10. The molecule has 160 valence electrons. The molecule has 1 aliphatic rings. The molecule has 1 N–H and O–H groups in total. The van der Waals surface area contributed by atoms with Crippen LogP contribution in [0.1, 0.15) is 17.4 Å². The number of nitrogens with one attached hydrogen (secondary N) is 1. The van der Waals surface area contributed by atoms with E-state index >= 15 is 0 Å². The van der Waals surface area contributed by atoms with Crippen LogP contribution in [0.25, 0.3) is 0 Å². The average Bonchev–Trinajstić information content (AvgIpc) is 3.25. The summed E-state index contributed by atoms with van der Waals surface area (Å²) in [6.07, 6.45) is -0.263. The molecule has 4 rings (SSSR count). The maximum Gasteiger partial charge on any atom is 0.267 e. The Hall–Kier alpha value is -3.32. The van der Waals surface area contributed by atoms with Gasteiger partial charge in [-0.05, 0) is 55.6 Å². The van der Waals surface area contributed by atoms with Crippen LogP contribution in [0.15, 0.2) is 60.0 Å². The lowest BCUT2D eigenvalue weighted by molar-refractivity contribution is -0.125. The molecule has 1 atom stereocenters. The molecule has 1 unspecified atom stereocenters. The molecular weight excluding hydrogens is 412 g/mol. The first-order valence-corrected chi connectivity index (χ1v) is 11.0. The molecule has 0 aliphatic carbocycles. The first-order chi connectivity index (χ1) is 15.0. The van der Waals surface area contributed by atoms with Crippen LogP contribution >= 0.6 is 11.3 Å². The maximum absolute atomic E-state index is 12.8. The summed E-state index contributed by atoms with van der Waals surface area (Å²) in [6, 6.07) is 17.0. The predicted octanol–water partition coefficient (Wildman–Crippen LogP) is 4.43. The van der Waals surface area contributed by atoms with Crippen molar-refractivity contribution in [1.29, 1.82) is 0 Å². The Morgan fingerprint density at radius 2 is 2.00 bits per heavy atom. The van der Waals surface area contributed by atoms with Crippen LogP contribution < -0.4 is 19.7 Å². The van der Waals surface area contributed by atoms with Crippen LogP contribution in [0.4, 0.5) is 11.4 Å². The van der Waals surface area contributed by atoms with Crippen LogP contribution in [-0.2, 0) is 16.0 Å². The van der Waals surface area contributed by atoms with E-state index in [1.807, 2.05) is 48.7 Å². The Morgan fingerprint density at radius 3 is 2.74 bits per heavy atom. The Morgan fingerprint density at radius 1 is 1.19 bits per heavy atom. The summed E-state index contributed by atoms with van der Waals surface area (Å²) in [5.74, 6) is 1.13. The highest BCUT2D eigenvalue weighted by atomic mass is 32.1. The quantitative estimate of drug-likeness (QED) is 0.595. The van der Waals surface area contributed by atoms with Gasteiger partial charge in [0.05, 0.1) is 18.7 Å². The molecule has 0 spiro atoms. The van der Waals surface area contributed by atoms with Gasteiger partial charge in [0.1, 0.15) is 18.1 Å². The van der Waals surface area contributed by atoms with Gasteiger partial charge in [0.15, 0.2) is 6.10 Å². The summed E-state index contributed by atoms with van der Waals surface area (Å²) in [6.45, 7) is 4.47. The van der Waals surface area contributed by atoms with Crippen molar-refractivity contribution in [3.8, 4) is 11.5 Å². The van der Waals surface area contributed by atoms with Crippen LogP contribution in [0.3, 0.4) is 0 Å². The second kappa shape index (κ2) is 9.22. The second-order valence-corrected chi connectivity index (χ2v) is 8.43. The third-order valence-electron chi connectivity index (χ3n) is 4.97. The van der Waals surface area contributed by atoms with Crippen molar-refractivity contribution >= 4 is 34.5 Å². The van der Waals surface area contributed by atoms with Crippen molar-refractivity contribution in [2.45, 2.75) is 26.4 Å². The molecule has 0 radical (unpaired) electrons. The Labute approximate surface area is 185 Å². The molecule has 2 heterocycles. The average molecular weight is 437 g/mol. The number of nitrogens with zero attached hydrogens (tertiary/aromatic N) is 1. The minimum Gasteiger partial charge on any atom is -0.492 e. The number of amides is 2. The highest BCUT2D eigenvalue weighted by Crippen LogP contribution is 2.36. The fourth-order valence-corrected chi connectivity index (χ4v) is 4.08. The highest BCUT2D eigenvalue weighted by Gasteiger charge is 2.31. The van der Waals surface area contributed by atoms with Crippen LogP contribution in [0, 0.1) is 6.92 Å². The van der Waals surface area contributed by atoms with Gasteiger partial charge in [0.25, 0.3) is 5.91 Å². The minimum absolute atomic E-state index is 0.104. The van der Waals surface area contributed by atoms with E-state index in [4.69, 9.17) is 9.47 Å². The van der Waals surface area contributed by atoms with E-state index in [9.17, 15) is 9.59 Å². The Balaban J connectivity index is 1.46. The second-order valence-electron chi connectivity index (χ2n) is 7.40. The first-order valence-electron chi connectivity index (χ1n) is 10.1. The molecule has 2 amide bonds. The lowest BCUT2D eigenvalue weighted by atomic mass is 10.1. The molecule has 2 aromatic carbocycles. The monoisotopic (exact) mass is 436 g/mol. The smallest absolute Gasteiger partial charge is 0.267 e. The molecule has 0 saturated heterocycles. The molecule has 7 heteroatoms. The molecule has 0 fully saturated rings. The van der Waals surface area contributed by atoms with Gasteiger partial charge in [-0.25, -0.2) is 0 Å². The fraction of sp³-hybridized carbons (Fsp3) is 0.250. The first kappa shape index (κ1) is 20.9. The summed E-state index contributed by atoms with van der Waals surface area (Å²) in [5.41, 5.74) is 2.41. The Kier molecular flexibility index (Phi) is 6.23. The van der Waals surface area contributed by atoms with Gasteiger partial charge < -0.3 is 19.7 Å². The van der Waals surface area contributed by atoms with Gasteiger partial charge in [-0.15, -0.1) is 11.3 Å². The molecule has 1 aromatic heterocycles. The van der Waals surface area contributed by atoms with Gasteiger partial charge in [0.2, 0.25) is 5.91 Å². The zero-order valence-electron chi connectivity index (χ0n) is 17.5. The number of fused-ring (bicyclic) bond motifs is 1. The van der Waals surface area contributed by atoms with E-state index in [2.05, 4.69) is 5.32 Å². The molecular formula is C24H24N2O4S. The minimum atomic E-state index is -0.578. The number of ether oxygens (including phenoxy) is 2. The SMILES string of the molecule is Cc1ccc(OCCN2C(=O)C(C)Oc3ccc(NC(=O)Cc4cccs4)cc32)cc1. The van der Waals surface area contributed by atoms with Crippen molar-refractivity contribution < 1.29 is 19.1 Å². The van der Waals surface area contributed by atoms with Crippen molar-refractivity contribution in [2.75, 3.05) is 23.4 Å². The third-order valence-corrected chi connectivity index (χ3v) is 5.85. The molecule has 31 heavy (non-hydrogen) atoms. The number of benzene rings is 2. The zero-order valence-corrected chi connectivity index (χ0v) is 18.3. The van der Waals surface area contributed by atoms with E-state index in [1.165, 1.54) is 0 Å². The normalized spacial score (nSPS) is 15.2. The summed E-state index contributed by atoms with van der Waals surface area (Å²) in [7, 11) is 0. The number of carbonyl (C=O) groups excluding carboxylic acids is 2. The fourth-order valence-electron chi connectivity index (χ4n) is 3.38. The van der Waals surface area contributed by atoms with Gasteiger partial charge >= 0.3 is 0 Å². The van der Waals surface area contributed by atoms with Gasteiger partial charge in [-0.2, -0.15) is 0 Å². The third kappa shape index (κ3) is 5.06. The van der Waals surface area contributed by atoms with Crippen LogP contribution in [0.5, 0.6) is 11.5 Å². The van der Waals surface area contributed by atoms with E-state index in [-0.39, 0.29) is 11.8 Å². The van der Waals surface area contributed by atoms with Crippen LogP contribution in [0.2, 0.25) is 0 Å². The number of anilines is 2. The van der Waals surface area contributed by atoms with Gasteiger partial charge in [-0.3, -0.25) is 9.59 Å². The van der Waals surface area contributed by atoms with E-state index in [0.717, 1.165) is 16.2 Å². The van der Waals surface area contributed by atoms with Crippen molar-refractivity contribution in [2.24, 2.45) is 0 Å². The number of hydrogen-bond donors (Lipinski definition) is 1. The topological polar surface area (TPSA) is 67.9 Å². The molecule has 6 nitrogen and oxygen atoms in total. The molecule has 1 aliphatic heterocycles. The number of rotatable bonds is 7. The molecule has 0 saturated carbocycles. The van der Waals surface area contributed by atoms with Crippen LogP contribution in [-0.4, -0.2) is 31.1 Å². The zero-order chi connectivity index (χ0) is 21.8. The van der Waals surface area contributed by atoms with Crippen molar-refractivity contribution in [3.63, 3.8) is 0 Å². The largest absolute Gasteiger partial charge is 0.492 e. The molecule has 3 aromatic rings. The van der Waals surface area contributed by atoms with E-state index in [1.54, 1.807) is 41.4 Å².